The Hall–Kier alpha value is -1.39. The Labute approximate surface area is 117 Å². The van der Waals surface area contributed by atoms with E-state index < -0.39 is 6.10 Å². The van der Waals surface area contributed by atoms with Gasteiger partial charge in [-0.25, -0.2) is 4.98 Å². The third-order valence-electron chi connectivity index (χ3n) is 3.10. The van der Waals surface area contributed by atoms with Crippen molar-refractivity contribution < 1.29 is 9.84 Å². The van der Waals surface area contributed by atoms with E-state index in [1.165, 1.54) is 4.88 Å². The third-order valence-corrected chi connectivity index (χ3v) is 4.09. The Morgan fingerprint density at radius 2 is 2.16 bits per heavy atom. The SMILES string of the molecule is CCC(O)c1ccccc1OCCc1scnc1C. The van der Waals surface area contributed by atoms with Crippen molar-refractivity contribution in [2.45, 2.75) is 32.8 Å². The molecule has 0 aliphatic rings. The zero-order valence-corrected chi connectivity index (χ0v) is 12.1. The van der Waals surface area contributed by atoms with Crippen LogP contribution in [-0.4, -0.2) is 16.7 Å². The maximum absolute atomic E-state index is 9.95. The molecular formula is C15H19NO2S. The molecule has 0 amide bonds. The number of hydrogen-bond acceptors (Lipinski definition) is 4. The van der Waals surface area contributed by atoms with Gasteiger partial charge in [0.1, 0.15) is 5.75 Å². The van der Waals surface area contributed by atoms with Gasteiger partial charge in [-0.05, 0) is 19.4 Å². The van der Waals surface area contributed by atoms with Crippen LogP contribution in [-0.2, 0) is 6.42 Å². The summed E-state index contributed by atoms with van der Waals surface area (Å²) < 4.78 is 5.81. The van der Waals surface area contributed by atoms with E-state index in [1.54, 1.807) is 11.3 Å². The van der Waals surface area contributed by atoms with Gasteiger partial charge in [0, 0.05) is 16.9 Å². The second-order valence-corrected chi connectivity index (χ2v) is 5.36. The number of aliphatic hydroxyl groups is 1. The number of hydrogen-bond donors (Lipinski definition) is 1. The Kier molecular flexibility index (Phi) is 4.93. The van der Waals surface area contributed by atoms with Gasteiger partial charge in [0.25, 0.3) is 0 Å². The molecule has 0 spiro atoms. The summed E-state index contributed by atoms with van der Waals surface area (Å²) in [5.74, 6) is 0.777. The number of aryl methyl sites for hydroxylation is 1. The van der Waals surface area contributed by atoms with Crippen molar-refractivity contribution in [2.75, 3.05) is 6.61 Å². The number of aromatic nitrogens is 1. The maximum atomic E-state index is 9.95. The first-order chi connectivity index (χ1) is 9.22. The van der Waals surface area contributed by atoms with Crippen LogP contribution in [0.3, 0.4) is 0 Å². The molecule has 2 aromatic rings. The number of thiazole rings is 1. The number of ether oxygens (including phenoxy) is 1. The van der Waals surface area contributed by atoms with Crippen molar-refractivity contribution in [1.82, 2.24) is 4.98 Å². The van der Waals surface area contributed by atoms with Crippen molar-refractivity contribution in [1.29, 1.82) is 0 Å². The predicted molar refractivity (Wildman–Crippen MR) is 77.7 cm³/mol. The molecule has 1 heterocycles. The Bertz CT molecular complexity index is 524. The average molecular weight is 277 g/mol. The second-order valence-electron chi connectivity index (χ2n) is 4.42. The van der Waals surface area contributed by atoms with Gasteiger partial charge >= 0.3 is 0 Å². The fraction of sp³-hybridized carbons (Fsp3) is 0.400. The Morgan fingerprint density at radius 1 is 1.37 bits per heavy atom. The molecule has 1 unspecified atom stereocenters. The van der Waals surface area contributed by atoms with Crippen LogP contribution in [0.4, 0.5) is 0 Å². The Balaban J connectivity index is 1.98. The van der Waals surface area contributed by atoms with E-state index in [9.17, 15) is 5.11 Å². The summed E-state index contributed by atoms with van der Waals surface area (Å²) >= 11 is 1.66. The average Bonchev–Trinajstić information content (AvgIpc) is 2.84. The topological polar surface area (TPSA) is 42.4 Å². The highest BCUT2D eigenvalue weighted by Gasteiger charge is 2.11. The molecule has 2 rings (SSSR count). The monoisotopic (exact) mass is 277 g/mol. The highest BCUT2D eigenvalue weighted by atomic mass is 32.1. The fourth-order valence-electron chi connectivity index (χ4n) is 1.93. The zero-order valence-electron chi connectivity index (χ0n) is 11.3. The standard InChI is InChI=1S/C15H19NO2S/c1-3-13(17)12-6-4-5-7-14(12)18-9-8-15-11(2)16-10-19-15/h4-7,10,13,17H,3,8-9H2,1-2H3. The molecule has 3 nitrogen and oxygen atoms in total. The second kappa shape index (κ2) is 6.68. The smallest absolute Gasteiger partial charge is 0.125 e. The van der Waals surface area contributed by atoms with Crippen molar-refractivity contribution in [3.63, 3.8) is 0 Å². The molecule has 0 radical (unpaired) electrons. The summed E-state index contributed by atoms with van der Waals surface area (Å²) in [5.41, 5.74) is 3.81. The summed E-state index contributed by atoms with van der Waals surface area (Å²) in [5, 5.41) is 9.95. The summed E-state index contributed by atoms with van der Waals surface area (Å²) in [6, 6.07) is 7.68. The van der Waals surface area contributed by atoms with Crippen LogP contribution in [0.1, 0.15) is 35.6 Å². The maximum Gasteiger partial charge on any atom is 0.125 e. The zero-order chi connectivity index (χ0) is 13.7. The van der Waals surface area contributed by atoms with E-state index in [2.05, 4.69) is 4.98 Å². The van der Waals surface area contributed by atoms with E-state index in [0.29, 0.717) is 13.0 Å². The summed E-state index contributed by atoms with van der Waals surface area (Å²) in [6.45, 7) is 4.58. The molecule has 0 aliphatic carbocycles. The van der Waals surface area contributed by atoms with Gasteiger partial charge in [0.2, 0.25) is 0 Å². The van der Waals surface area contributed by atoms with E-state index in [-0.39, 0.29) is 0 Å². The van der Waals surface area contributed by atoms with Gasteiger partial charge in [0.05, 0.1) is 23.9 Å². The lowest BCUT2D eigenvalue weighted by Crippen LogP contribution is -2.05. The molecule has 0 bridgehead atoms. The van der Waals surface area contributed by atoms with Crippen LogP contribution in [0.2, 0.25) is 0 Å². The van der Waals surface area contributed by atoms with Crippen molar-refractivity contribution >= 4 is 11.3 Å². The molecule has 0 saturated heterocycles. The van der Waals surface area contributed by atoms with Gasteiger partial charge < -0.3 is 9.84 Å². The lowest BCUT2D eigenvalue weighted by molar-refractivity contribution is 0.167. The quantitative estimate of drug-likeness (QED) is 0.878. The molecule has 19 heavy (non-hydrogen) atoms. The number of aliphatic hydroxyl groups excluding tert-OH is 1. The molecule has 0 saturated carbocycles. The van der Waals surface area contributed by atoms with E-state index in [0.717, 1.165) is 23.4 Å². The van der Waals surface area contributed by atoms with E-state index in [1.807, 2.05) is 43.6 Å². The molecule has 1 aromatic heterocycles. The van der Waals surface area contributed by atoms with Gasteiger partial charge in [-0.3, -0.25) is 0 Å². The fourth-order valence-corrected chi connectivity index (χ4v) is 2.69. The number of rotatable bonds is 6. The van der Waals surface area contributed by atoms with Crippen LogP contribution < -0.4 is 4.74 Å². The molecule has 1 atom stereocenters. The number of benzene rings is 1. The minimum absolute atomic E-state index is 0.457. The van der Waals surface area contributed by atoms with Crippen LogP contribution in [0.5, 0.6) is 5.75 Å². The summed E-state index contributed by atoms with van der Waals surface area (Å²) in [6.07, 6.45) is 1.09. The minimum atomic E-state index is -0.457. The first kappa shape index (κ1) is 14.0. The van der Waals surface area contributed by atoms with Gasteiger partial charge in [-0.2, -0.15) is 0 Å². The van der Waals surface area contributed by atoms with Crippen LogP contribution >= 0.6 is 11.3 Å². The van der Waals surface area contributed by atoms with Crippen LogP contribution in [0, 0.1) is 6.92 Å². The van der Waals surface area contributed by atoms with Crippen molar-refractivity contribution in [3.8, 4) is 5.75 Å². The highest BCUT2D eigenvalue weighted by Crippen LogP contribution is 2.27. The Morgan fingerprint density at radius 3 is 2.84 bits per heavy atom. The first-order valence-electron chi connectivity index (χ1n) is 6.51. The van der Waals surface area contributed by atoms with E-state index >= 15 is 0 Å². The first-order valence-corrected chi connectivity index (χ1v) is 7.39. The molecule has 0 aliphatic heterocycles. The van der Waals surface area contributed by atoms with Gasteiger partial charge in [0.15, 0.2) is 0 Å². The summed E-state index contributed by atoms with van der Waals surface area (Å²) in [7, 11) is 0. The highest BCUT2D eigenvalue weighted by molar-refractivity contribution is 7.09. The summed E-state index contributed by atoms with van der Waals surface area (Å²) in [4.78, 5) is 5.48. The number of nitrogens with zero attached hydrogens (tertiary/aromatic N) is 1. The molecule has 4 heteroatoms. The molecule has 1 aromatic carbocycles. The molecular weight excluding hydrogens is 258 g/mol. The lowest BCUT2D eigenvalue weighted by atomic mass is 10.1. The largest absolute Gasteiger partial charge is 0.493 e. The molecule has 0 fully saturated rings. The molecule has 102 valence electrons. The van der Waals surface area contributed by atoms with Crippen molar-refractivity contribution in [2.24, 2.45) is 0 Å². The number of para-hydroxylation sites is 1. The van der Waals surface area contributed by atoms with Crippen molar-refractivity contribution in [3.05, 3.63) is 45.9 Å². The van der Waals surface area contributed by atoms with Gasteiger partial charge in [-0.1, -0.05) is 25.1 Å². The molecule has 1 N–H and O–H groups in total. The van der Waals surface area contributed by atoms with Crippen LogP contribution in [0.15, 0.2) is 29.8 Å². The van der Waals surface area contributed by atoms with Gasteiger partial charge in [-0.15, -0.1) is 11.3 Å². The third kappa shape index (κ3) is 3.55. The minimum Gasteiger partial charge on any atom is -0.493 e. The van der Waals surface area contributed by atoms with Crippen LogP contribution in [0.25, 0.3) is 0 Å². The normalized spacial score (nSPS) is 12.4. The lowest BCUT2D eigenvalue weighted by Gasteiger charge is -2.14. The van der Waals surface area contributed by atoms with E-state index in [4.69, 9.17) is 4.74 Å². The predicted octanol–water partition coefficient (Wildman–Crippen LogP) is 3.52.